The van der Waals surface area contributed by atoms with Crippen molar-refractivity contribution in [1.29, 1.82) is 0 Å². The van der Waals surface area contributed by atoms with E-state index in [-0.39, 0.29) is 11.0 Å². The van der Waals surface area contributed by atoms with Gasteiger partial charge >= 0.3 is 0 Å². The van der Waals surface area contributed by atoms with Crippen molar-refractivity contribution in [3.05, 3.63) is 270 Å². The highest BCUT2D eigenvalue weighted by Gasteiger charge is 2.35. The van der Waals surface area contributed by atoms with Gasteiger partial charge in [0.15, 0.2) is 23.3 Å². The fourth-order valence-electron chi connectivity index (χ4n) is 11.6. The van der Waals surface area contributed by atoms with Crippen LogP contribution in [-0.4, -0.2) is 0 Å². The molecule has 1 aliphatic rings. The predicted molar refractivity (Wildman–Crippen MR) is 300 cm³/mol. The highest BCUT2D eigenvalue weighted by Crippen LogP contribution is 2.52. The van der Waals surface area contributed by atoms with Crippen LogP contribution in [0.3, 0.4) is 0 Å². The molecule has 12 aromatic carbocycles. The zero-order valence-corrected chi connectivity index (χ0v) is 40.5. The van der Waals surface area contributed by atoms with Crippen molar-refractivity contribution in [2.24, 2.45) is 0 Å². The molecular formula is C69H45F4N. The molecule has 12 aromatic rings. The minimum absolute atomic E-state index is 0.0796. The van der Waals surface area contributed by atoms with Gasteiger partial charge in [0, 0.05) is 28.0 Å². The zero-order chi connectivity index (χ0) is 50.2. The number of hydrogen-bond donors (Lipinski definition) is 0. The van der Waals surface area contributed by atoms with Gasteiger partial charge in [-0.2, -0.15) is 0 Å². The fraction of sp³-hybridized carbons (Fsp3) is 0.0435. The molecule has 0 aliphatic heterocycles. The average molecular weight is 964 g/mol. The van der Waals surface area contributed by atoms with Crippen LogP contribution in [0.25, 0.3) is 99.7 Å². The molecule has 0 fully saturated rings. The zero-order valence-electron chi connectivity index (χ0n) is 40.5. The second kappa shape index (κ2) is 17.6. The van der Waals surface area contributed by atoms with Crippen molar-refractivity contribution in [3.8, 4) is 44.5 Å². The molecule has 0 bridgehead atoms. The second-order valence-electron chi connectivity index (χ2n) is 19.7. The summed E-state index contributed by atoms with van der Waals surface area (Å²) in [6.45, 7) is 4.56. The van der Waals surface area contributed by atoms with E-state index in [1.165, 1.54) is 28.3 Å². The summed E-state index contributed by atoms with van der Waals surface area (Å²) in [5.74, 6) is -5.88. The molecule has 74 heavy (non-hydrogen) atoms. The van der Waals surface area contributed by atoms with Crippen LogP contribution >= 0.6 is 0 Å². The Hall–Kier alpha value is -9.06. The minimum atomic E-state index is -1.48. The summed E-state index contributed by atoms with van der Waals surface area (Å²) in [5, 5.41) is 6.56. The molecule has 5 heteroatoms. The first-order chi connectivity index (χ1) is 36.2. The van der Waals surface area contributed by atoms with Gasteiger partial charge in [0.25, 0.3) is 0 Å². The molecule has 1 aliphatic carbocycles. The van der Waals surface area contributed by atoms with Crippen molar-refractivity contribution in [3.63, 3.8) is 0 Å². The monoisotopic (exact) mass is 963 g/mol. The lowest BCUT2D eigenvalue weighted by molar-refractivity contribution is 0.456. The van der Waals surface area contributed by atoms with Gasteiger partial charge in [-0.1, -0.05) is 202 Å². The molecule has 1 nitrogen and oxygen atoms in total. The average Bonchev–Trinajstić information content (AvgIpc) is 3.68. The van der Waals surface area contributed by atoms with Crippen molar-refractivity contribution in [1.82, 2.24) is 0 Å². The van der Waals surface area contributed by atoms with E-state index in [0.717, 1.165) is 66.9 Å². The topological polar surface area (TPSA) is 3.24 Å². The van der Waals surface area contributed by atoms with Crippen molar-refractivity contribution in [2.75, 3.05) is 4.90 Å². The van der Waals surface area contributed by atoms with Crippen LogP contribution in [0.4, 0.5) is 34.6 Å². The van der Waals surface area contributed by atoms with Gasteiger partial charge in [0.1, 0.15) is 0 Å². The number of fused-ring (bicyclic) bond motifs is 7. The lowest BCUT2D eigenvalue weighted by Gasteiger charge is -2.26. The van der Waals surface area contributed by atoms with E-state index in [1.54, 1.807) is 24.3 Å². The van der Waals surface area contributed by atoms with Crippen molar-refractivity contribution in [2.45, 2.75) is 19.3 Å². The minimum Gasteiger partial charge on any atom is -0.310 e. The Balaban J connectivity index is 0.889. The second-order valence-corrected chi connectivity index (χ2v) is 19.7. The third-order valence-electron chi connectivity index (χ3n) is 15.2. The number of halogens is 4. The summed E-state index contributed by atoms with van der Waals surface area (Å²) in [5.41, 5.74) is 10.8. The summed E-state index contributed by atoms with van der Waals surface area (Å²) in [6, 6.07) is 74.5. The van der Waals surface area contributed by atoms with Gasteiger partial charge in [-0.3, -0.25) is 0 Å². The molecule has 0 radical (unpaired) electrons. The maximum absolute atomic E-state index is 17.0. The lowest BCUT2D eigenvalue weighted by atomic mass is 9.81. The van der Waals surface area contributed by atoms with Gasteiger partial charge in [-0.05, 0) is 142 Å². The normalized spacial score (nSPS) is 12.8. The highest BCUT2D eigenvalue weighted by atomic mass is 19.2. The smallest absolute Gasteiger partial charge is 0.170 e. The number of para-hydroxylation sites is 1. The number of anilines is 3. The molecular weight excluding hydrogens is 919 g/mol. The van der Waals surface area contributed by atoms with Crippen LogP contribution in [0.15, 0.2) is 224 Å². The summed E-state index contributed by atoms with van der Waals surface area (Å²) in [7, 11) is 0. The van der Waals surface area contributed by atoms with E-state index in [1.807, 2.05) is 103 Å². The first-order valence-corrected chi connectivity index (χ1v) is 24.8. The molecule has 0 saturated heterocycles. The van der Waals surface area contributed by atoms with E-state index in [0.29, 0.717) is 27.1 Å². The summed E-state index contributed by atoms with van der Waals surface area (Å²) in [6.07, 6.45) is 2.57. The number of rotatable bonds is 8. The Morgan fingerprint density at radius 3 is 1.51 bits per heavy atom. The molecule has 0 spiro atoms. The van der Waals surface area contributed by atoms with Gasteiger partial charge in [0.2, 0.25) is 0 Å². The molecule has 0 N–H and O–H groups in total. The van der Waals surface area contributed by atoms with E-state index < -0.39 is 34.4 Å². The molecule has 0 heterocycles. The Morgan fingerprint density at radius 2 is 0.838 bits per heavy atom. The van der Waals surface area contributed by atoms with Gasteiger partial charge in [-0.25, -0.2) is 17.6 Å². The number of benzene rings is 12. The molecule has 0 unspecified atom stereocenters. The quantitative estimate of drug-likeness (QED) is 0.0635. The van der Waals surface area contributed by atoms with Crippen molar-refractivity contribution < 1.29 is 17.6 Å². The first-order valence-electron chi connectivity index (χ1n) is 24.8. The largest absolute Gasteiger partial charge is 0.310 e. The third-order valence-corrected chi connectivity index (χ3v) is 15.2. The maximum Gasteiger partial charge on any atom is 0.170 e. The Bertz CT molecular complexity index is 4180. The molecule has 0 saturated carbocycles. The molecule has 0 amide bonds. The van der Waals surface area contributed by atoms with Crippen LogP contribution in [0.2, 0.25) is 0 Å². The van der Waals surface area contributed by atoms with E-state index in [2.05, 4.69) is 116 Å². The third kappa shape index (κ3) is 7.14. The fourth-order valence-corrected chi connectivity index (χ4v) is 11.6. The standard InChI is InChI=1S/C69H45F4N/c1-69(2)60-27-15-14-22-52(60)53-37-32-45(41-61(53)69)49-38-39-58(51-21-9-8-20-50(49)51)62-54-23-10-12-25-56(54)63(57-26-13-11-24-55(57)62)64-67(72)65(70)59(66(71)68(64)73)36-30-42-28-33-47(34-29-42)74(46-18-4-3-5-19-46)48-35-31-43-16-6-7-17-44(43)40-48/h3-41H,1-2H3. The van der Waals surface area contributed by atoms with Crippen LogP contribution in [0.1, 0.15) is 36.1 Å². The molecule has 0 atom stereocenters. The summed E-state index contributed by atoms with van der Waals surface area (Å²) >= 11 is 0. The van der Waals surface area contributed by atoms with Crippen LogP contribution in [0, 0.1) is 23.3 Å². The number of nitrogens with zero attached hydrogens (tertiary/aromatic N) is 1. The van der Waals surface area contributed by atoms with Crippen LogP contribution in [-0.2, 0) is 5.41 Å². The number of hydrogen-bond acceptors (Lipinski definition) is 1. The molecule has 13 rings (SSSR count). The molecule has 0 aromatic heterocycles. The van der Waals surface area contributed by atoms with Crippen LogP contribution in [0.5, 0.6) is 0 Å². The van der Waals surface area contributed by atoms with Gasteiger partial charge in [-0.15, -0.1) is 0 Å². The lowest BCUT2D eigenvalue weighted by Crippen LogP contribution is -2.14. The highest BCUT2D eigenvalue weighted by molar-refractivity contribution is 6.24. The maximum atomic E-state index is 17.0. The van der Waals surface area contributed by atoms with Gasteiger partial charge in [0.05, 0.1) is 11.1 Å². The Morgan fingerprint density at radius 1 is 0.338 bits per heavy atom. The summed E-state index contributed by atoms with van der Waals surface area (Å²) < 4.78 is 67.1. The van der Waals surface area contributed by atoms with Crippen LogP contribution < -0.4 is 4.90 Å². The van der Waals surface area contributed by atoms with Crippen molar-refractivity contribution >= 4 is 72.3 Å². The van der Waals surface area contributed by atoms with E-state index in [9.17, 15) is 0 Å². The first kappa shape index (κ1) is 44.8. The van der Waals surface area contributed by atoms with E-state index >= 15 is 17.6 Å². The Labute approximate surface area is 426 Å². The Kier molecular flexibility index (Phi) is 10.7. The summed E-state index contributed by atoms with van der Waals surface area (Å²) in [4.78, 5) is 2.12. The molecule has 354 valence electrons. The SMILES string of the molecule is CC1(C)c2ccccc2-c2ccc(-c3ccc(-c4c5ccccc5c(-c5c(F)c(F)c(C=Cc6ccc(N(c7ccccc7)c7ccc8ccccc8c7)cc6)c(F)c5F)c5ccccc45)c4ccccc34)cc21. The van der Waals surface area contributed by atoms with E-state index in [4.69, 9.17) is 0 Å². The van der Waals surface area contributed by atoms with Gasteiger partial charge < -0.3 is 4.90 Å². The predicted octanol–water partition coefficient (Wildman–Crippen LogP) is 19.8.